The summed E-state index contributed by atoms with van der Waals surface area (Å²) >= 11 is 6.22. The summed E-state index contributed by atoms with van der Waals surface area (Å²) in [4.78, 5) is 28.1. The third-order valence-corrected chi connectivity index (χ3v) is 9.54. The van der Waals surface area contributed by atoms with E-state index in [2.05, 4.69) is 39.7 Å². The lowest BCUT2D eigenvalue weighted by Crippen LogP contribution is -2.38. The summed E-state index contributed by atoms with van der Waals surface area (Å²) in [6, 6.07) is 21.3. The van der Waals surface area contributed by atoms with Gasteiger partial charge >= 0.3 is 0 Å². The summed E-state index contributed by atoms with van der Waals surface area (Å²) in [5.41, 5.74) is 4.49. The third-order valence-electron chi connectivity index (χ3n) is 9.14. The highest BCUT2D eigenvalue weighted by molar-refractivity contribution is 6.36. The van der Waals surface area contributed by atoms with Crippen molar-refractivity contribution in [3.05, 3.63) is 82.6 Å². The van der Waals surface area contributed by atoms with Gasteiger partial charge < -0.3 is 28.9 Å². The molecule has 2 saturated heterocycles. The van der Waals surface area contributed by atoms with E-state index in [1.165, 1.54) is 12.4 Å². The van der Waals surface area contributed by atoms with E-state index < -0.39 is 0 Å². The van der Waals surface area contributed by atoms with Crippen molar-refractivity contribution in [2.24, 2.45) is 0 Å². The van der Waals surface area contributed by atoms with Crippen molar-refractivity contribution in [1.29, 1.82) is 15.8 Å². The molecular formula is C39H36ClN11O4. The molecule has 15 nitrogen and oxygen atoms in total. The normalized spacial score (nSPS) is 14.7. The predicted octanol–water partition coefficient (Wildman–Crippen LogP) is 4.94. The number of aromatic nitrogens is 6. The van der Waals surface area contributed by atoms with Crippen LogP contribution in [0.2, 0.25) is 5.02 Å². The van der Waals surface area contributed by atoms with Crippen LogP contribution in [-0.4, -0.2) is 119 Å². The van der Waals surface area contributed by atoms with Gasteiger partial charge in [-0.05, 0) is 48.5 Å². The number of fused-ring (bicyclic) bond motifs is 2. The molecule has 2 fully saturated rings. The van der Waals surface area contributed by atoms with Crippen LogP contribution in [0.1, 0.15) is 16.7 Å². The number of morpholine rings is 2. The number of benzene rings is 2. The number of halogens is 1. The lowest BCUT2D eigenvalue weighted by Gasteiger charge is -2.26. The molecule has 0 saturated carbocycles. The van der Waals surface area contributed by atoms with E-state index in [4.69, 9.17) is 41.1 Å². The van der Waals surface area contributed by atoms with Crippen molar-refractivity contribution in [1.82, 2.24) is 39.7 Å². The number of nitrogens with zero attached hydrogens (tertiary/aromatic N) is 9. The van der Waals surface area contributed by atoms with Crippen LogP contribution in [0.5, 0.6) is 11.5 Å². The second-order valence-corrected chi connectivity index (χ2v) is 13.0. The van der Waals surface area contributed by atoms with Crippen LogP contribution in [0.3, 0.4) is 0 Å². The van der Waals surface area contributed by atoms with Gasteiger partial charge in [-0.1, -0.05) is 11.6 Å². The number of ether oxygens (including phenoxy) is 4. The molecule has 2 aliphatic heterocycles. The molecule has 278 valence electrons. The number of rotatable bonds is 10. The zero-order valence-electron chi connectivity index (χ0n) is 29.8. The fourth-order valence-electron chi connectivity index (χ4n) is 6.09. The number of aromatic amines is 2. The van der Waals surface area contributed by atoms with E-state index in [9.17, 15) is 5.26 Å². The number of pyridine rings is 2. The quantitative estimate of drug-likeness (QED) is 0.191. The molecule has 0 spiro atoms. The summed E-state index contributed by atoms with van der Waals surface area (Å²) < 4.78 is 22.3. The number of imidazole rings is 2. The van der Waals surface area contributed by atoms with Gasteiger partial charge in [0, 0.05) is 62.8 Å². The molecule has 55 heavy (non-hydrogen) atoms. The smallest absolute Gasteiger partial charge is 0.179 e. The van der Waals surface area contributed by atoms with E-state index in [1.54, 1.807) is 0 Å². The fourth-order valence-corrected chi connectivity index (χ4v) is 6.31. The molecule has 8 rings (SSSR count). The predicted molar refractivity (Wildman–Crippen MR) is 203 cm³/mol. The topological polar surface area (TPSA) is 198 Å². The zero-order chi connectivity index (χ0) is 38.0. The largest absolute Gasteiger partial charge is 0.492 e. The molecule has 0 amide bonds. The van der Waals surface area contributed by atoms with Crippen LogP contribution in [0.15, 0.2) is 60.9 Å². The highest BCUT2D eigenvalue weighted by Crippen LogP contribution is 2.28. The van der Waals surface area contributed by atoms with Crippen LogP contribution in [-0.2, 0) is 9.47 Å². The Kier molecular flexibility index (Phi) is 12.0. The van der Waals surface area contributed by atoms with Crippen LogP contribution in [0.4, 0.5) is 0 Å². The average Bonchev–Trinajstić information content (AvgIpc) is 3.88. The van der Waals surface area contributed by atoms with Crippen molar-refractivity contribution >= 4 is 33.9 Å². The first-order chi connectivity index (χ1) is 27.0. The van der Waals surface area contributed by atoms with Crippen molar-refractivity contribution in [2.75, 3.05) is 78.9 Å². The van der Waals surface area contributed by atoms with Crippen LogP contribution in [0.25, 0.3) is 45.1 Å². The molecule has 0 radical (unpaired) electrons. The molecule has 2 aliphatic rings. The van der Waals surface area contributed by atoms with Crippen molar-refractivity contribution < 1.29 is 18.9 Å². The minimum atomic E-state index is 0.231. The van der Waals surface area contributed by atoms with Gasteiger partial charge in [-0.25, -0.2) is 19.9 Å². The van der Waals surface area contributed by atoms with Crippen molar-refractivity contribution in [3.8, 4) is 52.5 Å². The maximum absolute atomic E-state index is 9.34. The summed E-state index contributed by atoms with van der Waals surface area (Å²) in [7, 11) is 0. The maximum Gasteiger partial charge on any atom is 0.179 e. The van der Waals surface area contributed by atoms with Gasteiger partial charge in [0.15, 0.2) is 11.3 Å². The molecule has 0 unspecified atom stereocenters. The van der Waals surface area contributed by atoms with Gasteiger partial charge in [-0.3, -0.25) is 9.80 Å². The summed E-state index contributed by atoms with van der Waals surface area (Å²) in [6.07, 6.45) is 2.80. The number of hydrogen-bond acceptors (Lipinski definition) is 13. The zero-order valence-corrected chi connectivity index (χ0v) is 30.6. The van der Waals surface area contributed by atoms with Gasteiger partial charge in [0.05, 0.1) is 48.1 Å². The summed E-state index contributed by atoms with van der Waals surface area (Å²) in [6.45, 7) is 9.98. The molecule has 2 aromatic carbocycles. The Morgan fingerprint density at radius 3 is 1.56 bits per heavy atom. The number of nitrogens with one attached hydrogen (secondary N) is 2. The summed E-state index contributed by atoms with van der Waals surface area (Å²) in [5, 5.41) is 27.8. The molecule has 6 heterocycles. The average molecular weight is 758 g/mol. The van der Waals surface area contributed by atoms with Crippen LogP contribution < -0.4 is 9.47 Å². The van der Waals surface area contributed by atoms with E-state index in [-0.39, 0.29) is 11.1 Å². The van der Waals surface area contributed by atoms with E-state index in [0.717, 1.165) is 88.3 Å². The Hall–Kier alpha value is -6.12. The van der Waals surface area contributed by atoms with Crippen LogP contribution in [0, 0.1) is 34.0 Å². The van der Waals surface area contributed by atoms with E-state index >= 15 is 0 Å². The van der Waals surface area contributed by atoms with E-state index in [0.29, 0.717) is 57.8 Å². The van der Waals surface area contributed by atoms with Gasteiger partial charge in [-0.2, -0.15) is 15.8 Å². The standard InChI is InChI=1S/C20H18N6O2.C19H18ClN5O2/c21-11-15-13-23-20-18(17(15)12-22)24-19(25-20)14-1-3-16(4-2-14)28-10-7-26-5-8-27-9-6-26;20-16-14(11-21)12-22-19-17(16)23-18(24-19)13-1-3-15(4-2-13)27-10-7-25-5-8-26-9-6-25/h1-4,13H,5-10H2,(H,23,24,25);1-4,12H,5-10H2,(H,22,23,24). The van der Waals surface area contributed by atoms with Gasteiger partial charge in [0.2, 0.25) is 0 Å². The Morgan fingerprint density at radius 2 is 1.09 bits per heavy atom. The lowest BCUT2D eigenvalue weighted by atomic mass is 10.1. The molecule has 0 bridgehead atoms. The first kappa shape index (κ1) is 37.2. The SMILES string of the molecule is N#Cc1cnc2nc(-c3ccc(OCCN4CCOCC4)cc3)[nH]c2c1C#N.N#Cc1cnc2nc(-c3ccc(OCCN4CCOCC4)cc3)[nH]c2c1Cl. The molecule has 2 N–H and O–H groups in total. The molecular weight excluding hydrogens is 722 g/mol. The number of nitriles is 3. The minimum Gasteiger partial charge on any atom is -0.492 e. The molecule has 0 aliphatic carbocycles. The molecule has 0 atom stereocenters. The Balaban J connectivity index is 0.000000169. The highest BCUT2D eigenvalue weighted by Gasteiger charge is 2.16. The van der Waals surface area contributed by atoms with Crippen molar-refractivity contribution in [2.45, 2.75) is 0 Å². The number of hydrogen-bond donors (Lipinski definition) is 2. The minimum absolute atomic E-state index is 0.231. The summed E-state index contributed by atoms with van der Waals surface area (Å²) in [5.74, 6) is 2.84. The Labute approximate surface area is 321 Å². The molecule has 6 aromatic rings. The second kappa shape index (κ2) is 17.8. The fraction of sp³-hybridized carbons (Fsp3) is 0.308. The van der Waals surface area contributed by atoms with E-state index in [1.807, 2.05) is 66.7 Å². The lowest BCUT2D eigenvalue weighted by molar-refractivity contribution is 0.0321. The second-order valence-electron chi connectivity index (χ2n) is 12.6. The van der Waals surface area contributed by atoms with Crippen molar-refractivity contribution in [3.63, 3.8) is 0 Å². The molecule has 16 heteroatoms. The monoisotopic (exact) mass is 757 g/mol. The Morgan fingerprint density at radius 1 is 0.636 bits per heavy atom. The van der Waals surface area contributed by atoms with Gasteiger partial charge in [0.1, 0.15) is 65.6 Å². The first-order valence-corrected chi connectivity index (χ1v) is 18.1. The molecule has 4 aromatic heterocycles. The highest BCUT2D eigenvalue weighted by atomic mass is 35.5. The van der Waals surface area contributed by atoms with Gasteiger partial charge in [-0.15, -0.1) is 0 Å². The third kappa shape index (κ3) is 8.99. The maximum atomic E-state index is 9.34. The number of H-pyrrole nitrogens is 2. The van der Waals surface area contributed by atoms with Gasteiger partial charge in [0.25, 0.3) is 0 Å². The van der Waals surface area contributed by atoms with Crippen LogP contribution >= 0.6 is 11.6 Å². The Bertz CT molecular complexity index is 2370. The first-order valence-electron chi connectivity index (χ1n) is 17.7.